The minimum atomic E-state index is 0.0624. The highest BCUT2D eigenvalue weighted by molar-refractivity contribution is 9.15. The average molecular weight is 275 g/mol. The zero-order chi connectivity index (χ0) is 11.7. The van der Waals surface area contributed by atoms with Crippen LogP contribution in [0.25, 0.3) is 21.0 Å². The first-order valence-corrected chi connectivity index (χ1v) is 5.65. The summed E-state index contributed by atoms with van der Waals surface area (Å²) in [5, 5.41) is 11.7. The first-order chi connectivity index (χ1) is 7.61. The molecule has 2 aromatic rings. The Bertz CT molecular complexity index is 584. The Balaban J connectivity index is 2.90. The van der Waals surface area contributed by atoms with Crippen LogP contribution in [0.2, 0.25) is 0 Å². The van der Waals surface area contributed by atoms with E-state index in [0.29, 0.717) is 0 Å². The number of benzene rings is 2. The van der Waals surface area contributed by atoms with Gasteiger partial charge >= 0.3 is 0 Å². The summed E-state index contributed by atoms with van der Waals surface area (Å²) in [5.41, 5.74) is 1.60. The topological polar surface area (TPSA) is 20.2 Å². The third kappa shape index (κ3) is 1.76. The summed E-state index contributed by atoms with van der Waals surface area (Å²) in [7, 11) is 0. The normalized spacial score (nSPS) is 10.3. The maximum Gasteiger partial charge on any atom is 0.116 e. The molecule has 1 nitrogen and oxygen atoms in total. The minimum Gasteiger partial charge on any atom is -0.508 e. The maximum atomic E-state index is 9.70. The SMILES string of the molecule is C=C(Br)c1ccc2ccccc2c1C(=C)O. The van der Waals surface area contributed by atoms with Crippen molar-refractivity contribution in [1.29, 1.82) is 0 Å². The van der Waals surface area contributed by atoms with E-state index in [-0.39, 0.29) is 5.76 Å². The van der Waals surface area contributed by atoms with Gasteiger partial charge in [-0.15, -0.1) is 0 Å². The van der Waals surface area contributed by atoms with Crippen molar-refractivity contribution < 1.29 is 5.11 Å². The zero-order valence-electron chi connectivity index (χ0n) is 8.70. The van der Waals surface area contributed by atoms with Gasteiger partial charge in [-0.3, -0.25) is 0 Å². The Kier molecular flexibility index (Phi) is 2.84. The number of hydrogen-bond donors (Lipinski definition) is 1. The lowest BCUT2D eigenvalue weighted by Gasteiger charge is -2.10. The quantitative estimate of drug-likeness (QED) is 0.785. The van der Waals surface area contributed by atoms with Crippen molar-refractivity contribution in [3.63, 3.8) is 0 Å². The molecule has 0 aliphatic heterocycles. The first kappa shape index (κ1) is 11.0. The average Bonchev–Trinajstić information content (AvgIpc) is 2.27. The minimum absolute atomic E-state index is 0.0624. The lowest BCUT2D eigenvalue weighted by atomic mass is 9.98. The molecule has 2 aromatic carbocycles. The van der Waals surface area contributed by atoms with Crippen LogP contribution in [0.1, 0.15) is 11.1 Å². The number of fused-ring (bicyclic) bond motifs is 1. The van der Waals surface area contributed by atoms with Crippen LogP contribution >= 0.6 is 15.9 Å². The number of aliphatic hydroxyl groups is 1. The van der Waals surface area contributed by atoms with Crippen molar-refractivity contribution in [3.05, 3.63) is 60.7 Å². The second kappa shape index (κ2) is 4.14. The first-order valence-electron chi connectivity index (χ1n) is 4.86. The van der Waals surface area contributed by atoms with Crippen LogP contribution in [0.5, 0.6) is 0 Å². The van der Waals surface area contributed by atoms with E-state index < -0.39 is 0 Å². The van der Waals surface area contributed by atoms with Gasteiger partial charge in [-0.05, 0) is 16.3 Å². The second-order valence-electron chi connectivity index (χ2n) is 3.56. The molecule has 0 aliphatic carbocycles. The summed E-state index contributed by atoms with van der Waals surface area (Å²) in [6, 6.07) is 11.8. The Labute approximate surface area is 103 Å². The van der Waals surface area contributed by atoms with E-state index in [1.54, 1.807) is 0 Å². The van der Waals surface area contributed by atoms with Crippen molar-refractivity contribution in [3.8, 4) is 0 Å². The van der Waals surface area contributed by atoms with Gasteiger partial charge in [0.05, 0.1) is 0 Å². The molecule has 2 rings (SSSR count). The highest BCUT2D eigenvalue weighted by atomic mass is 79.9. The summed E-state index contributed by atoms with van der Waals surface area (Å²) in [6.45, 7) is 7.45. The number of rotatable bonds is 2. The summed E-state index contributed by atoms with van der Waals surface area (Å²) in [4.78, 5) is 0. The molecule has 0 radical (unpaired) electrons. The van der Waals surface area contributed by atoms with Gasteiger partial charge in [0.25, 0.3) is 0 Å². The van der Waals surface area contributed by atoms with Gasteiger partial charge in [-0.25, -0.2) is 0 Å². The third-order valence-corrected chi connectivity index (χ3v) is 2.94. The molecule has 2 heteroatoms. The Morgan fingerprint density at radius 2 is 1.75 bits per heavy atom. The van der Waals surface area contributed by atoms with Crippen molar-refractivity contribution in [2.24, 2.45) is 0 Å². The largest absolute Gasteiger partial charge is 0.508 e. The smallest absolute Gasteiger partial charge is 0.116 e. The van der Waals surface area contributed by atoms with E-state index in [1.165, 1.54) is 0 Å². The highest BCUT2D eigenvalue weighted by Gasteiger charge is 2.10. The fourth-order valence-electron chi connectivity index (χ4n) is 1.81. The molecule has 0 amide bonds. The number of aliphatic hydroxyl groups excluding tert-OH is 1. The van der Waals surface area contributed by atoms with E-state index in [0.717, 1.165) is 26.4 Å². The lowest BCUT2D eigenvalue weighted by Crippen LogP contribution is -1.91. The van der Waals surface area contributed by atoms with Gasteiger partial charge in [-0.1, -0.05) is 65.5 Å². The predicted octanol–water partition coefficient (Wildman–Crippen LogP) is 4.73. The van der Waals surface area contributed by atoms with Crippen LogP contribution in [0.15, 0.2) is 49.6 Å². The molecule has 0 bridgehead atoms. The molecule has 1 N–H and O–H groups in total. The van der Waals surface area contributed by atoms with E-state index in [9.17, 15) is 5.11 Å². The molecule has 0 aliphatic rings. The summed E-state index contributed by atoms with van der Waals surface area (Å²) >= 11 is 3.34. The van der Waals surface area contributed by atoms with Gasteiger partial charge in [0.15, 0.2) is 0 Å². The lowest BCUT2D eigenvalue weighted by molar-refractivity contribution is 0.514. The molecule has 0 fully saturated rings. The summed E-state index contributed by atoms with van der Waals surface area (Å²) in [5.74, 6) is 0.0624. The molecule has 0 spiro atoms. The second-order valence-corrected chi connectivity index (χ2v) is 4.52. The molecule has 16 heavy (non-hydrogen) atoms. The van der Waals surface area contributed by atoms with Crippen molar-refractivity contribution >= 4 is 36.9 Å². The molecular weight excluding hydrogens is 264 g/mol. The van der Waals surface area contributed by atoms with E-state index >= 15 is 0 Å². The monoisotopic (exact) mass is 274 g/mol. The van der Waals surface area contributed by atoms with Crippen molar-refractivity contribution in [2.75, 3.05) is 0 Å². The number of halogens is 1. The van der Waals surface area contributed by atoms with Gasteiger partial charge in [0, 0.05) is 10.0 Å². The molecule has 0 unspecified atom stereocenters. The highest BCUT2D eigenvalue weighted by Crippen LogP contribution is 2.32. The van der Waals surface area contributed by atoms with E-state index in [2.05, 4.69) is 29.1 Å². The Morgan fingerprint density at radius 1 is 1.06 bits per heavy atom. The van der Waals surface area contributed by atoms with Crippen LogP contribution in [0, 0.1) is 0 Å². The van der Waals surface area contributed by atoms with Crippen LogP contribution in [0.4, 0.5) is 0 Å². The molecule has 0 heterocycles. The standard InChI is InChI=1S/C14H11BrO/c1-9(15)12-8-7-11-5-3-4-6-13(11)14(12)10(2)16/h3-8,16H,1-2H2. The Hall–Kier alpha value is -1.54. The van der Waals surface area contributed by atoms with Crippen molar-refractivity contribution in [1.82, 2.24) is 0 Å². The molecule has 0 saturated heterocycles. The molecule has 0 saturated carbocycles. The van der Waals surface area contributed by atoms with E-state index in [4.69, 9.17) is 0 Å². The molecule has 80 valence electrons. The number of hydrogen-bond acceptors (Lipinski definition) is 1. The fourth-order valence-corrected chi connectivity index (χ4v) is 2.14. The molecule has 0 aromatic heterocycles. The van der Waals surface area contributed by atoms with Crippen LogP contribution in [0.3, 0.4) is 0 Å². The van der Waals surface area contributed by atoms with Gasteiger partial charge in [-0.2, -0.15) is 0 Å². The van der Waals surface area contributed by atoms with Crippen molar-refractivity contribution in [2.45, 2.75) is 0 Å². The fraction of sp³-hybridized carbons (Fsp3) is 0. The molecule has 0 atom stereocenters. The molecular formula is C14H11BrO. The zero-order valence-corrected chi connectivity index (χ0v) is 10.3. The van der Waals surface area contributed by atoms with Gasteiger partial charge in [0.2, 0.25) is 0 Å². The van der Waals surface area contributed by atoms with E-state index in [1.807, 2.05) is 36.4 Å². The van der Waals surface area contributed by atoms with Crippen LogP contribution in [-0.4, -0.2) is 5.11 Å². The Morgan fingerprint density at radius 3 is 2.38 bits per heavy atom. The summed E-state index contributed by atoms with van der Waals surface area (Å²) in [6.07, 6.45) is 0. The third-order valence-electron chi connectivity index (χ3n) is 2.51. The predicted molar refractivity (Wildman–Crippen MR) is 73.6 cm³/mol. The van der Waals surface area contributed by atoms with Gasteiger partial charge < -0.3 is 5.11 Å². The summed E-state index contributed by atoms with van der Waals surface area (Å²) < 4.78 is 0.739. The van der Waals surface area contributed by atoms with Gasteiger partial charge in [0.1, 0.15) is 5.76 Å². The maximum absolute atomic E-state index is 9.70. The van der Waals surface area contributed by atoms with Crippen LogP contribution in [-0.2, 0) is 0 Å². The van der Waals surface area contributed by atoms with Crippen LogP contribution < -0.4 is 0 Å².